The van der Waals surface area contributed by atoms with Gasteiger partial charge in [0.15, 0.2) is 0 Å². The van der Waals surface area contributed by atoms with Crippen LogP contribution in [-0.4, -0.2) is 4.57 Å². The van der Waals surface area contributed by atoms with Gasteiger partial charge in [-0.05, 0) is 71.1 Å². The molecule has 0 saturated carbocycles. The van der Waals surface area contributed by atoms with Crippen molar-refractivity contribution in [2.24, 2.45) is 0 Å². The van der Waals surface area contributed by atoms with Crippen molar-refractivity contribution in [3.8, 4) is 27.9 Å². The standard InChI is InChI=1S/C52H34N2O/c1-3-15-35(16-4-1)37-29-32-49(46(33-37)45-25-14-24-44-43-23-10-12-28-51(43)55-52(44)45)54-48-26-11-9-22-41(48)42-31-30-39(34-50(42)54)53(38-19-5-2-6-20-38)47-27-13-18-36-17-7-8-21-40(36)47/h1-34H. The molecule has 0 radical (unpaired) electrons. The van der Waals surface area contributed by atoms with Crippen molar-refractivity contribution in [1.82, 2.24) is 4.57 Å². The first-order valence-electron chi connectivity index (χ1n) is 18.8. The maximum Gasteiger partial charge on any atom is 0.143 e. The Kier molecular flexibility index (Phi) is 7.17. The largest absolute Gasteiger partial charge is 0.455 e. The summed E-state index contributed by atoms with van der Waals surface area (Å²) in [5, 5.41) is 7.05. The zero-order valence-electron chi connectivity index (χ0n) is 29.9. The molecule has 55 heavy (non-hydrogen) atoms. The van der Waals surface area contributed by atoms with E-state index in [1.54, 1.807) is 0 Å². The lowest BCUT2D eigenvalue weighted by molar-refractivity contribution is 0.670. The van der Waals surface area contributed by atoms with Gasteiger partial charge < -0.3 is 13.9 Å². The Balaban J connectivity index is 1.21. The van der Waals surface area contributed by atoms with Crippen molar-refractivity contribution in [1.29, 1.82) is 0 Å². The van der Waals surface area contributed by atoms with Crippen LogP contribution >= 0.6 is 0 Å². The topological polar surface area (TPSA) is 21.3 Å². The fourth-order valence-electron chi connectivity index (χ4n) is 8.48. The molecule has 0 unspecified atom stereocenters. The van der Waals surface area contributed by atoms with Gasteiger partial charge in [-0.25, -0.2) is 0 Å². The first-order valence-corrected chi connectivity index (χ1v) is 18.8. The summed E-state index contributed by atoms with van der Waals surface area (Å²) in [5.41, 5.74) is 13.0. The van der Waals surface area contributed by atoms with E-state index in [9.17, 15) is 0 Å². The summed E-state index contributed by atoms with van der Waals surface area (Å²) in [5.74, 6) is 0. The highest BCUT2D eigenvalue weighted by atomic mass is 16.3. The number of hydrogen-bond acceptors (Lipinski definition) is 2. The number of aromatic nitrogens is 1. The second kappa shape index (κ2) is 12.6. The minimum atomic E-state index is 0.890. The summed E-state index contributed by atoms with van der Waals surface area (Å²) in [4.78, 5) is 2.39. The van der Waals surface area contributed by atoms with E-state index < -0.39 is 0 Å². The number of para-hydroxylation sites is 4. The lowest BCUT2D eigenvalue weighted by Crippen LogP contribution is -2.10. The van der Waals surface area contributed by atoms with Gasteiger partial charge in [0.25, 0.3) is 0 Å². The van der Waals surface area contributed by atoms with E-state index in [-0.39, 0.29) is 0 Å². The Hall–Kier alpha value is -7.36. The van der Waals surface area contributed by atoms with Crippen molar-refractivity contribution >= 4 is 71.6 Å². The molecule has 0 aliphatic rings. The smallest absolute Gasteiger partial charge is 0.143 e. The number of hydrogen-bond donors (Lipinski definition) is 0. The fraction of sp³-hybridized carbons (Fsp3) is 0. The van der Waals surface area contributed by atoms with Gasteiger partial charge in [-0.2, -0.15) is 0 Å². The van der Waals surface area contributed by atoms with Gasteiger partial charge in [0.2, 0.25) is 0 Å². The molecular weight excluding hydrogens is 669 g/mol. The van der Waals surface area contributed by atoms with Gasteiger partial charge in [0.1, 0.15) is 11.2 Å². The molecule has 0 saturated heterocycles. The fourth-order valence-corrected chi connectivity index (χ4v) is 8.48. The van der Waals surface area contributed by atoms with Crippen LogP contribution in [0.3, 0.4) is 0 Å². The Labute approximate surface area is 318 Å². The second-order valence-corrected chi connectivity index (χ2v) is 14.1. The molecule has 0 atom stereocenters. The Morgan fingerprint density at radius 3 is 1.93 bits per heavy atom. The van der Waals surface area contributed by atoms with E-state index in [0.717, 1.165) is 72.4 Å². The highest BCUT2D eigenvalue weighted by Gasteiger charge is 2.22. The first kappa shape index (κ1) is 31.2. The molecule has 0 aliphatic carbocycles. The molecule has 2 heterocycles. The van der Waals surface area contributed by atoms with Crippen molar-refractivity contribution < 1.29 is 4.42 Å². The molecule has 0 spiro atoms. The van der Waals surface area contributed by atoms with Gasteiger partial charge in [-0.3, -0.25) is 0 Å². The summed E-state index contributed by atoms with van der Waals surface area (Å²) >= 11 is 0. The molecular formula is C52H34N2O. The maximum atomic E-state index is 6.70. The number of anilines is 3. The molecule has 11 rings (SSSR count). The van der Waals surface area contributed by atoms with Gasteiger partial charge in [0.05, 0.1) is 22.4 Å². The third-order valence-electron chi connectivity index (χ3n) is 11.0. The van der Waals surface area contributed by atoms with Crippen molar-refractivity contribution in [2.45, 2.75) is 0 Å². The summed E-state index contributed by atoms with van der Waals surface area (Å²) < 4.78 is 9.15. The summed E-state index contributed by atoms with van der Waals surface area (Å²) in [7, 11) is 0. The van der Waals surface area contributed by atoms with Crippen molar-refractivity contribution in [3.05, 3.63) is 206 Å². The molecule has 2 aromatic heterocycles. The van der Waals surface area contributed by atoms with Crippen molar-refractivity contribution in [2.75, 3.05) is 4.90 Å². The number of rotatable bonds is 6. The SMILES string of the molecule is c1ccc(-c2ccc(-n3c4ccccc4c4ccc(N(c5ccccc5)c5cccc6ccccc56)cc43)c(-c3cccc4c3oc3ccccc34)c2)cc1. The van der Waals surface area contributed by atoms with Gasteiger partial charge >= 0.3 is 0 Å². The van der Waals surface area contributed by atoms with E-state index in [0.29, 0.717) is 0 Å². The van der Waals surface area contributed by atoms with Gasteiger partial charge in [-0.1, -0.05) is 152 Å². The maximum absolute atomic E-state index is 6.70. The van der Waals surface area contributed by atoms with E-state index in [1.807, 2.05) is 6.07 Å². The quantitative estimate of drug-likeness (QED) is 0.172. The number of nitrogens with zero attached hydrogens (tertiary/aromatic N) is 2. The van der Waals surface area contributed by atoms with Crippen molar-refractivity contribution in [3.63, 3.8) is 0 Å². The average molecular weight is 703 g/mol. The minimum Gasteiger partial charge on any atom is -0.455 e. The molecule has 0 bridgehead atoms. The highest BCUT2D eigenvalue weighted by molar-refractivity contribution is 6.13. The normalized spacial score (nSPS) is 11.6. The van der Waals surface area contributed by atoms with Crippen LogP contribution in [0.25, 0.3) is 82.5 Å². The summed E-state index contributed by atoms with van der Waals surface area (Å²) in [6, 6.07) is 73.9. The predicted molar refractivity (Wildman–Crippen MR) is 231 cm³/mol. The molecule has 9 aromatic carbocycles. The first-order chi connectivity index (χ1) is 27.3. The molecule has 11 aromatic rings. The highest BCUT2D eigenvalue weighted by Crippen LogP contribution is 2.45. The molecule has 0 aliphatic heterocycles. The molecule has 0 N–H and O–H groups in total. The third-order valence-corrected chi connectivity index (χ3v) is 11.0. The van der Waals surface area contributed by atoms with Gasteiger partial charge in [-0.15, -0.1) is 0 Å². The number of fused-ring (bicyclic) bond motifs is 7. The predicted octanol–water partition coefficient (Wildman–Crippen LogP) is 14.6. The molecule has 3 nitrogen and oxygen atoms in total. The van der Waals surface area contributed by atoms with Crippen LogP contribution < -0.4 is 4.90 Å². The minimum absolute atomic E-state index is 0.890. The van der Waals surface area contributed by atoms with Crippen LogP contribution in [0.2, 0.25) is 0 Å². The average Bonchev–Trinajstić information content (AvgIpc) is 3.80. The van der Waals surface area contributed by atoms with Crippen LogP contribution in [0.4, 0.5) is 17.1 Å². The summed E-state index contributed by atoms with van der Waals surface area (Å²) in [6.45, 7) is 0. The third kappa shape index (κ3) is 5.05. The number of benzene rings is 9. The molecule has 0 amide bonds. The Bertz CT molecular complexity index is 3200. The Morgan fingerprint density at radius 1 is 0.382 bits per heavy atom. The zero-order valence-corrected chi connectivity index (χ0v) is 29.9. The van der Waals surface area contributed by atoms with Crippen LogP contribution in [0.5, 0.6) is 0 Å². The molecule has 0 fully saturated rings. The van der Waals surface area contributed by atoms with Crippen LogP contribution in [-0.2, 0) is 0 Å². The number of furan rings is 1. The molecule has 3 heteroatoms. The lowest BCUT2D eigenvalue weighted by Gasteiger charge is -2.27. The zero-order chi connectivity index (χ0) is 36.3. The monoisotopic (exact) mass is 702 g/mol. The van der Waals surface area contributed by atoms with Gasteiger partial charge in [0, 0.05) is 49.4 Å². The van der Waals surface area contributed by atoms with E-state index in [1.165, 1.54) is 27.1 Å². The second-order valence-electron chi connectivity index (χ2n) is 14.1. The van der Waals surface area contributed by atoms with E-state index in [2.05, 4.69) is 210 Å². The van der Waals surface area contributed by atoms with E-state index in [4.69, 9.17) is 4.42 Å². The van der Waals surface area contributed by atoms with E-state index >= 15 is 0 Å². The lowest BCUT2D eigenvalue weighted by atomic mass is 9.95. The van der Waals surface area contributed by atoms with Crippen LogP contribution in [0.15, 0.2) is 211 Å². The van der Waals surface area contributed by atoms with Crippen LogP contribution in [0.1, 0.15) is 0 Å². The van der Waals surface area contributed by atoms with Crippen LogP contribution in [0, 0.1) is 0 Å². The summed E-state index contributed by atoms with van der Waals surface area (Å²) in [6.07, 6.45) is 0. The molecule has 258 valence electrons. The Morgan fingerprint density at radius 2 is 1.05 bits per heavy atom.